The minimum atomic E-state index is -0.556. The molecule has 2 aliphatic heterocycles. The number of hydrogen-bond donors (Lipinski definition) is 1. The van der Waals surface area contributed by atoms with E-state index < -0.39 is 5.54 Å². The summed E-state index contributed by atoms with van der Waals surface area (Å²) in [5.74, 6) is -0.336. The fourth-order valence-electron chi connectivity index (χ4n) is 5.05. The number of aromatic nitrogens is 2. The van der Waals surface area contributed by atoms with Crippen LogP contribution in [-0.2, 0) is 0 Å². The van der Waals surface area contributed by atoms with Crippen LogP contribution in [-0.4, -0.2) is 68.0 Å². The van der Waals surface area contributed by atoms with Crippen LogP contribution in [0.5, 0.6) is 0 Å². The quantitative estimate of drug-likeness (QED) is 0.705. The molecule has 2 amide bonds. The van der Waals surface area contributed by atoms with Crippen molar-refractivity contribution in [3.63, 3.8) is 0 Å². The van der Waals surface area contributed by atoms with Gasteiger partial charge < -0.3 is 14.9 Å². The number of hydrogen-bond acceptors (Lipinski definition) is 5. The molecule has 0 radical (unpaired) electrons. The molecule has 2 atom stereocenters. The highest BCUT2D eigenvalue weighted by Gasteiger charge is 2.68. The first-order chi connectivity index (χ1) is 15.2. The SMILES string of the molecule is O=C(c1cccnc1)N1CC2(C1)[C@H](c1ccccc1)[C@H](CO)N2C(=O)c1cccnc1. The molecule has 3 aromatic rings. The first-order valence-electron chi connectivity index (χ1n) is 10.2. The summed E-state index contributed by atoms with van der Waals surface area (Å²) in [5, 5.41) is 10.2. The summed E-state index contributed by atoms with van der Waals surface area (Å²) in [6.07, 6.45) is 6.35. The Balaban J connectivity index is 1.48. The normalized spacial score (nSPS) is 21.3. The van der Waals surface area contributed by atoms with Crippen LogP contribution in [0.1, 0.15) is 32.2 Å². The molecule has 31 heavy (non-hydrogen) atoms. The zero-order chi connectivity index (χ0) is 21.4. The highest BCUT2D eigenvalue weighted by Crippen LogP contribution is 2.54. The van der Waals surface area contributed by atoms with Gasteiger partial charge in [0, 0.05) is 43.8 Å². The van der Waals surface area contributed by atoms with Gasteiger partial charge in [0.05, 0.1) is 29.3 Å². The lowest BCUT2D eigenvalue weighted by Crippen LogP contribution is -2.86. The molecule has 0 bridgehead atoms. The molecule has 2 fully saturated rings. The Labute approximate surface area is 180 Å². The lowest BCUT2D eigenvalue weighted by molar-refractivity contribution is -0.152. The first-order valence-corrected chi connectivity index (χ1v) is 10.2. The maximum Gasteiger partial charge on any atom is 0.256 e. The van der Waals surface area contributed by atoms with Gasteiger partial charge in [-0.2, -0.15) is 0 Å². The molecule has 1 spiro atoms. The predicted octanol–water partition coefficient (Wildman–Crippen LogP) is 1.97. The maximum absolute atomic E-state index is 13.4. The molecule has 2 aromatic heterocycles. The van der Waals surface area contributed by atoms with Crippen molar-refractivity contribution >= 4 is 11.8 Å². The minimum absolute atomic E-state index is 0.0581. The van der Waals surface area contributed by atoms with Crippen LogP contribution in [0.4, 0.5) is 0 Å². The number of likely N-dealkylation sites (tertiary alicyclic amines) is 2. The van der Waals surface area contributed by atoms with E-state index in [1.807, 2.05) is 30.3 Å². The van der Waals surface area contributed by atoms with Crippen molar-refractivity contribution in [1.82, 2.24) is 19.8 Å². The van der Waals surface area contributed by atoms with E-state index in [1.54, 1.807) is 52.7 Å². The number of rotatable bonds is 4. The second-order valence-electron chi connectivity index (χ2n) is 8.06. The summed E-state index contributed by atoms with van der Waals surface area (Å²) in [5.41, 5.74) is 1.51. The van der Waals surface area contributed by atoms with Crippen molar-refractivity contribution in [2.24, 2.45) is 0 Å². The van der Waals surface area contributed by atoms with Crippen LogP contribution in [0, 0.1) is 0 Å². The number of pyridine rings is 2. The monoisotopic (exact) mass is 414 g/mol. The van der Waals surface area contributed by atoms with Gasteiger partial charge >= 0.3 is 0 Å². The lowest BCUT2D eigenvalue weighted by Gasteiger charge is -2.70. The van der Waals surface area contributed by atoms with Gasteiger partial charge in [0.25, 0.3) is 11.8 Å². The molecule has 0 unspecified atom stereocenters. The Kier molecular flexibility index (Phi) is 4.75. The largest absolute Gasteiger partial charge is 0.394 e. The second kappa shape index (κ2) is 7.59. The van der Waals surface area contributed by atoms with E-state index in [9.17, 15) is 14.7 Å². The summed E-state index contributed by atoms with van der Waals surface area (Å²) in [4.78, 5) is 37.9. The molecule has 1 N–H and O–H groups in total. The number of carbonyl (C=O) groups is 2. The standard InChI is InChI=1S/C24H22N4O3/c29-14-20-21(17-6-2-1-3-7-17)24(28(20)23(31)19-9-5-11-26-13-19)15-27(16-24)22(30)18-8-4-10-25-12-18/h1-13,20-21,29H,14-16H2/t20-,21+/m0/s1. The molecular formula is C24H22N4O3. The van der Waals surface area contributed by atoms with E-state index >= 15 is 0 Å². The van der Waals surface area contributed by atoms with E-state index in [4.69, 9.17) is 0 Å². The molecule has 4 heterocycles. The van der Waals surface area contributed by atoms with E-state index in [0.717, 1.165) is 5.56 Å². The van der Waals surface area contributed by atoms with Gasteiger partial charge in [0.1, 0.15) is 0 Å². The van der Waals surface area contributed by atoms with Crippen molar-refractivity contribution in [3.8, 4) is 0 Å². The van der Waals surface area contributed by atoms with Crippen molar-refractivity contribution in [1.29, 1.82) is 0 Å². The van der Waals surface area contributed by atoms with Crippen LogP contribution in [0.15, 0.2) is 79.4 Å². The van der Waals surface area contributed by atoms with Gasteiger partial charge in [0.2, 0.25) is 0 Å². The number of benzene rings is 1. The third-order valence-electron chi connectivity index (χ3n) is 6.37. The van der Waals surface area contributed by atoms with Gasteiger partial charge in [0.15, 0.2) is 0 Å². The topological polar surface area (TPSA) is 86.6 Å². The van der Waals surface area contributed by atoms with Gasteiger partial charge in [-0.1, -0.05) is 30.3 Å². The molecule has 7 nitrogen and oxygen atoms in total. The Hall–Kier alpha value is -3.58. The Bertz CT molecular complexity index is 1090. The van der Waals surface area contributed by atoms with Crippen molar-refractivity contribution in [3.05, 3.63) is 96.1 Å². The summed E-state index contributed by atoms with van der Waals surface area (Å²) in [7, 11) is 0. The summed E-state index contributed by atoms with van der Waals surface area (Å²) in [6, 6.07) is 16.5. The number of nitrogens with zero attached hydrogens (tertiary/aromatic N) is 4. The number of aliphatic hydroxyl groups excluding tert-OH is 1. The third kappa shape index (κ3) is 3.00. The lowest BCUT2D eigenvalue weighted by atomic mass is 9.60. The molecule has 0 saturated carbocycles. The Morgan fingerprint density at radius 1 is 0.903 bits per heavy atom. The van der Waals surface area contributed by atoms with Crippen LogP contribution >= 0.6 is 0 Å². The van der Waals surface area contributed by atoms with Crippen molar-refractivity contribution in [2.75, 3.05) is 19.7 Å². The molecule has 156 valence electrons. The number of amides is 2. The van der Waals surface area contributed by atoms with E-state index in [-0.39, 0.29) is 30.4 Å². The number of carbonyl (C=O) groups excluding carboxylic acids is 2. The van der Waals surface area contributed by atoms with E-state index in [1.165, 1.54) is 6.20 Å². The fraction of sp³-hybridized carbons (Fsp3) is 0.250. The average Bonchev–Trinajstić information content (AvgIpc) is 2.79. The van der Waals surface area contributed by atoms with Crippen LogP contribution in [0.2, 0.25) is 0 Å². The molecule has 5 rings (SSSR count). The Morgan fingerprint density at radius 2 is 1.52 bits per heavy atom. The van der Waals surface area contributed by atoms with Crippen molar-refractivity contribution in [2.45, 2.75) is 17.5 Å². The molecule has 0 aliphatic carbocycles. The van der Waals surface area contributed by atoms with Gasteiger partial charge in [-0.15, -0.1) is 0 Å². The smallest absolute Gasteiger partial charge is 0.256 e. The first kappa shape index (κ1) is 19.4. The summed E-state index contributed by atoms with van der Waals surface area (Å²) in [6.45, 7) is 0.662. The van der Waals surface area contributed by atoms with E-state index in [2.05, 4.69) is 9.97 Å². The second-order valence-corrected chi connectivity index (χ2v) is 8.06. The van der Waals surface area contributed by atoms with Gasteiger partial charge in [-0.25, -0.2) is 0 Å². The molecule has 1 aromatic carbocycles. The third-order valence-corrected chi connectivity index (χ3v) is 6.37. The van der Waals surface area contributed by atoms with E-state index in [0.29, 0.717) is 24.2 Å². The maximum atomic E-state index is 13.4. The predicted molar refractivity (Wildman–Crippen MR) is 113 cm³/mol. The highest BCUT2D eigenvalue weighted by molar-refractivity contribution is 5.98. The highest BCUT2D eigenvalue weighted by atomic mass is 16.3. The number of aliphatic hydroxyl groups is 1. The molecule has 7 heteroatoms. The average molecular weight is 414 g/mol. The zero-order valence-electron chi connectivity index (χ0n) is 16.8. The van der Waals surface area contributed by atoms with Crippen LogP contribution in [0.25, 0.3) is 0 Å². The summed E-state index contributed by atoms with van der Waals surface area (Å²) < 4.78 is 0. The zero-order valence-corrected chi connectivity index (χ0v) is 16.8. The van der Waals surface area contributed by atoms with Crippen LogP contribution < -0.4 is 0 Å². The minimum Gasteiger partial charge on any atom is -0.394 e. The summed E-state index contributed by atoms with van der Waals surface area (Å²) >= 11 is 0. The molecular weight excluding hydrogens is 392 g/mol. The van der Waals surface area contributed by atoms with Crippen LogP contribution in [0.3, 0.4) is 0 Å². The Morgan fingerprint density at radius 3 is 2.06 bits per heavy atom. The van der Waals surface area contributed by atoms with Crippen molar-refractivity contribution < 1.29 is 14.7 Å². The molecule has 2 saturated heterocycles. The molecule has 2 aliphatic rings. The van der Waals surface area contributed by atoms with Gasteiger partial charge in [-0.3, -0.25) is 19.6 Å². The fourth-order valence-corrected chi connectivity index (χ4v) is 5.05. The van der Waals surface area contributed by atoms with Gasteiger partial charge in [-0.05, 0) is 29.8 Å².